The maximum absolute atomic E-state index is 13.5. The van der Waals surface area contributed by atoms with Gasteiger partial charge in [0.1, 0.15) is 11.6 Å². The fourth-order valence-electron chi connectivity index (χ4n) is 5.07. The van der Waals surface area contributed by atoms with Gasteiger partial charge < -0.3 is 4.74 Å². The molecule has 28 heavy (non-hydrogen) atoms. The summed E-state index contributed by atoms with van der Waals surface area (Å²) >= 11 is 5.68. The molecular weight excluding hydrogens is 375 g/mol. The molecule has 2 nitrogen and oxygen atoms in total. The van der Waals surface area contributed by atoms with Crippen LogP contribution in [0.1, 0.15) is 70.6 Å². The zero-order valence-corrected chi connectivity index (χ0v) is 17.4. The monoisotopic (exact) mass is 406 g/mol. The Kier molecular flexibility index (Phi) is 7.96. The number of carbonyl (C=O) groups excluding carboxylic acids is 1. The smallest absolute Gasteiger partial charge is 0.314 e. The molecule has 1 aromatic rings. The van der Waals surface area contributed by atoms with Gasteiger partial charge in [0.2, 0.25) is 0 Å². The molecule has 2 fully saturated rings. The molecule has 2 saturated carbocycles. The molecule has 0 heterocycles. The number of hydrogen-bond acceptors (Lipinski definition) is 2. The first-order valence-electron chi connectivity index (χ1n) is 10.8. The van der Waals surface area contributed by atoms with E-state index in [1.54, 1.807) is 6.07 Å². The number of benzene rings is 1. The van der Waals surface area contributed by atoms with E-state index in [1.165, 1.54) is 50.7 Å². The van der Waals surface area contributed by atoms with Crippen molar-refractivity contribution in [2.24, 2.45) is 23.7 Å². The van der Waals surface area contributed by atoms with Crippen molar-refractivity contribution in [1.29, 1.82) is 0 Å². The molecule has 3 rings (SSSR count). The van der Waals surface area contributed by atoms with Gasteiger partial charge >= 0.3 is 5.97 Å². The number of unbranched alkanes of at least 4 members (excludes halogenated alkanes) is 1. The molecular formula is C24H32ClFO2. The van der Waals surface area contributed by atoms with Crippen molar-refractivity contribution in [3.05, 3.63) is 41.7 Å². The minimum absolute atomic E-state index is 0.0377. The second kappa shape index (κ2) is 10.4. The van der Waals surface area contributed by atoms with Crippen LogP contribution in [0.5, 0.6) is 5.75 Å². The Balaban J connectivity index is 1.40. The molecule has 2 aliphatic carbocycles. The van der Waals surface area contributed by atoms with Gasteiger partial charge in [0.15, 0.2) is 0 Å². The van der Waals surface area contributed by atoms with Crippen LogP contribution in [0.2, 0.25) is 5.02 Å². The molecule has 0 radical (unpaired) electrons. The minimum atomic E-state index is -0.559. The molecule has 0 unspecified atom stereocenters. The van der Waals surface area contributed by atoms with Crippen molar-refractivity contribution < 1.29 is 13.9 Å². The first-order valence-corrected chi connectivity index (χ1v) is 11.2. The molecule has 0 aliphatic heterocycles. The molecule has 0 atom stereocenters. The second-order valence-corrected chi connectivity index (χ2v) is 9.02. The van der Waals surface area contributed by atoms with Crippen LogP contribution in [0.15, 0.2) is 30.9 Å². The van der Waals surface area contributed by atoms with Gasteiger partial charge in [-0.2, -0.15) is 0 Å². The van der Waals surface area contributed by atoms with Crippen LogP contribution < -0.4 is 4.74 Å². The van der Waals surface area contributed by atoms with Crippen molar-refractivity contribution in [1.82, 2.24) is 0 Å². The van der Waals surface area contributed by atoms with Crippen molar-refractivity contribution in [2.75, 3.05) is 0 Å². The first kappa shape index (κ1) is 21.4. The molecule has 154 valence electrons. The fourth-order valence-corrected chi connectivity index (χ4v) is 5.18. The Labute approximate surface area is 173 Å². The maximum Gasteiger partial charge on any atom is 0.314 e. The van der Waals surface area contributed by atoms with Gasteiger partial charge in [0, 0.05) is 6.07 Å². The van der Waals surface area contributed by atoms with Crippen LogP contribution >= 0.6 is 11.6 Å². The average molecular weight is 407 g/mol. The first-order chi connectivity index (χ1) is 13.6. The molecule has 0 spiro atoms. The van der Waals surface area contributed by atoms with Gasteiger partial charge in [-0.05, 0) is 81.3 Å². The third-order valence-corrected chi connectivity index (χ3v) is 7.10. The zero-order valence-electron chi connectivity index (χ0n) is 16.7. The number of ether oxygens (including phenoxy) is 1. The summed E-state index contributed by atoms with van der Waals surface area (Å²) in [6, 6.07) is 4.14. The second-order valence-electron chi connectivity index (χ2n) is 8.61. The molecule has 1 aromatic carbocycles. The lowest BCUT2D eigenvalue weighted by atomic mass is 9.68. The number of rotatable bonds is 7. The highest BCUT2D eigenvalue weighted by molar-refractivity contribution is 6.30. The Hall–Kier alpha value is -1.35. The summed E-state index contributed by atoms with van der Waals surface area (Å²) in [5.74, 6) is 1.88. The predicted molar refractivity (Wildman–Crippen MR) is 112 cm³/mol. The van der Waals surface area contributed by atoms with Crippen LogP contribution in [0, 0.1) is 29.5 Å². The molecule has 0 N–H and O–H groups in total. The van der Waals surface area contributed by atoms with E-state index >= 15 is 0 Å². The van der Waals surface area contributed by atoms with Crippen molar-refractivity contribution >= 4 is 17.6 Å². The topological polar surface area (TPSA) is 26.3 Å². The summed E-state index contributed by atoms with van der Waals surface area (Å²) in [5.41, 5.74) is 0. The quantitative estimate of drug-likeness (QED) is 0.205. The normalized spacial score (nSPS) is 27.9. The number of esters is 1. The van der Waals surface area contributed by atoms with Crippen LogP contribution in [-0.2, 0) is 4.79 Å². The molecule has 0 bridgehead atoms. The van der Waals surface area contributed by atoms with Crippen LogP contribution in [0.25, 0.3) is 0 Å². The van der Waals surface area contributed by atoms with Crippen LogP contribution in [0.4, 0.5) is 4.39 Å². The third-order valence-electron chi connectivity index (χ3n) is 6.79. The largest absolute Gasteiger partial charge is 0.426 e. The van der Waals surface area contributed by atoms with Gasteiger partial charge in [-0.3, -0.25) is 4.79 Å². The lowest BCUT2D eigenvalue weighted by molar-refractivity contribution is -0.140. The predicted octanol–water partition coefficient (Wildman–Crippen LogP) is 7.35. The average Bonchev–Trinajstić information content (AvgIpc) is 2.72. The summed E-state index contributed by atoms with van der Waals surface area (Å²) in [6.45, 7) is 3.81. The molecule has 2 aliphatic rings. The van der Waals surface area contributed by atoms with Gasteiger partial charge in [-0.1, -0.05) is 36.9 Å². The molecule has 0 amide bonds. The zero-order chi connectivity index (χ0) is 19.9. The highest BCUT2D eigenvalue weighted by Gasteiger charge is 2.33. The lowest BCUT2D eigenvalue weighted by Crippen LogP contribution is -2.30. The van der Waals surface area contributed by atoms with Gasteiger partial charge in [-0.15, -0.1) is 6.58 Å². The van der Waals surface area contributed by atoms with Gasteiger partial charge in [-0.25, -0.2) is 4.39 Å². The van der Waals surface area contributed by atoms with Crippen molar-refractivity contribution in [2.45, 2.75) is 70.6 Å². The molecule has 4 heteroatoms. The summed E-state index contributed by atoms with van der Waals surface area (Å²) in [4.78, 5) is 12.4. The van der Waals surface area contributed by atoms with E-state index in [-0.39, 0.29) is 22.7 Å². The summed E-state index contributed by atoms with van der Waals surface area (Å²) in [6.07, 6.45) is 15.2. The van der Waals surface area contributed by atoms with E-state index in [1.807, 2.05) is 6.08 Å². The third kappa shape index (κ3) is 5.83. The van der Waals surface area contributed by atoms with E-state index in [0.717, 1.165) is 49.9 Å². The van der Waals surface area contributed by atoms with E-state index in [0.29, 0.717) is 0 Å². The van der Waals surface area contributed by atoms with E-state index < -0.39 is 5.82 Å². The summed E-state index contributed by atoms with van der Waals surface area (Å²) < 4.78 is 18.9. The number of halogens is 2. The molecule has 0 aromatic heterocycles. The minimum Gasteiger partial charge on any atom is -0.426 e. The van der Waals surface area contributed by atoms with Gasteiger partial charge in [0.05, 0.1) is 10.9 Å². The van der Waals surface area contributed by atoms with Crippen molar-refractivity contribution in [3.8, 4) is 5.75 Å². The highest BCUT2D eigenvalue weighted by atomic mass is 35.5. The van der Waals surface area contributed by atoms with E-state index in [2.05, 4.69) is 6.58 Å². The SMILES string of the molecule is C=CCCCC1CCC(C2CCC(C(=O)Oc3ccc(Cl)c(F)c3)CC2)CC1. The van der Waals surface area contributed by atoms with E-state index in [9.17, 15) is 9.18 Å². The van der Waals surface area contributed by atoms with Crippen LogP contribution in [0.3, 0.4) is 0 Å². The van der Waals surface area contributed by atoms with Crippen molar-refractivity contribution in [3.63, 3.8) is 0 Å². The fraction of sp³-hybridized carbons (Fsp3) is 0.625. The maximum atomic E-state index is 13.5. The van der Waals surface area contributed by atoms with Gasteiger partial charge in [0.25, 0.3) is 0 Å². The number of allylic oxidation sites excluding steroid dienone is 1. The Morgan fingerprint density at radius 2 is 1.75 bits per heavy atom. The highest BCUT2D eigenvalue weighted by Crippen LogP contribution is 2.42. The van der Waals surface area contributed by atoms with Crippen LogP contribution in [-0.4, -0.2) is 5.97 Å². The molecule has 0 saturated heterocycles. The summed E-state index contributed by atoms with van der Waals surface area (Å²) in [7, 11) is 0. The number of hydrogen-bond donors (Lipinski definition) is 0. The Bertz CT molecular complexity index is 659. The Morgan fingerprint density at radius 1 is 1.11 bits per heavy atom. The lowest BCUT2D eigenvalue weighted by Gasteiger charge is -2.37. The standard InChI is InChI=1S/C24H32ClFO2/c1-2-3-4-5-17-6-8-18(9-7-17)19-10-12-20(13-11-19)24(27)28-21-14-15-22(25)23(26)16-21/h2,14-20H,1,3-13H2. The number of carbonyl (C=O) groups is 1. The summed E-state index contributed by atoms with van der Waals surface area (Å²) in [5, 5.41) is 0.0377. The Morgan fingerprint density at radius 3 is 2.36 bits per heavy atom. The van der Waals surface area contributed by atoms with E-state index in [4.69, 9.17) is 16.3 Å².